The van der Waals surface area contributed by atoms with Gasteiger partial charge in [-0.15, -0.1) is 0 Å². The van der Waals surface area contributed by atoms with Crippen molar-refractivity contribution in [1.82, 2.24) is 5.32 Å². The van der Waals surface area contributed by atoms with E-state index < -0.39 is 23.3 Å². The molecular formula is C15H20N2O4. The van der Waals surface area contributed by atoms with Crippen LogP contribution in [0.25, 0.3) is 0 Å². The van der Waals surface area contributed by atoms with Gasteiger partial charge >= 0.3 is 12.0 Å². The van der Waals surface area contributed by atoms with Crippen LogP contribution < -0.4 is 10.6 Å². The van der Waals surface area contributed by atoms with E-state index in [1.165, 1.54) is 13.8 Å². The second-order valence-corrected chi connectivity index (χ2v) is 5.63. The molecule has 0 radical (unpaired) electrons. The molecule has 1 aromatic carbocycles. The van der Waals surface area contributed by atoms with Gasteiger partial charge in [-0.25, -0.2) is 4.79 Å². The van der Waals surface area contributed by atoms with E-state index >= 15 is 0 Å². The highest BCUT2D eigenvalue weighted by molar-refractivity contribution is 6.02. The summed E-state index contributed by atoms with van der Waals surface area (Å²) in [4.78, 5) is 34.4. The Morgan fingerprint density at radius 2 is 1.67 bits per heavy atom. The van der Waals surface area contributed by atoms with Gasteiger partial charge in [0.05, 0.1) is 5.41 Å². The van der Waals surface area contributed by atoms with Gasteiger partial charge in [0.15, 0.2) is 0 Å². The van der Waals surface area contributed by atoms with Crippen LogP contribution >= 0.6 is 0 Å². The molecule has 0 heterocycles. The van der Waals surface area contributed by atoms with E-state index in [-0.39, 0.29) is 6.42 Å². The number of imide groups is 1. The Morgan fingerprint density at radius 1 is 1.14 bits per heavy atom. The minimum Gasteiger partial charge on any atom is -0.481 e. The smallest absolute Gasteiger partial charge is 0.325 e. The third kappa shape index (κ3) is 4.59. The molecule has 0 aliphatic heterocycles. The molecule has 0 aliphatic rings. The predicted octanol–water partition coefficient (Wildman–Crippen LogP) is 2.45. The number of urea groups is 1. The number of amides is 3. The molecular weight excluding hydrogens is 272 g/mol. The lowest BCUT2D eigenvalue weighted by Gasteiger charge is -2.18. The van der Waals surface area contributed by atoms with Crippen molar-refractivity contribution in [1.29, 1.82) is 0 Å². The highest BCUT2D eigenvalue weighted by atomic mass is 16.4. The Bertz CT molecular complexity index is 559. The zero-order valence-corrected chi connectivity index (χ0v) is 12.6. The highest BCUT2D eigenvalue weighted by Gasteiger charge is 2.30. The molecule has 0 spiro atoms. The molecule has 0 saturated heterocycles. The van der Waals surface area contributed by atoms with E-state index in [0.717, 1.165) is 11.1 Å². The van der Waals surface area contributed by atoms with E-state index in [9.17, 15) is 14.4 Å². The Balaban J connectivity index is 2.66. The zero-order chi connectivity index (χ0) is 16.2. The van der Waals surface area contributed by atoms with Crippen LogP contribution in [0, 0.1) is 19.3 Å². The van der Waals surface area contributed by atoms with Crippen molar-refractivity contribution < 1.29 is 19.5 Å². The fourth-order valence-corrected chi connectivity index (χ4v) is 1.80. The number of para-hydroxylation sites is 1. The standard InChI is InChI=1S/C15H20N2O4/c1-9-6-5-7-10(2)12(9)17-14(21)16-11(18)8-15(3,4)13(19)20/h5-7H,8H2,1-4H3,(H,19,20)(H2,16,17,18,21). The van der Waals surface area contributed by atoms with Gasteiger partial charge < -0.3 is 10.4 Å². The molecule has 0 aromatic heterocycles. The van der Waals surface area contributed by atoms with Crippen molar-refractivity contribution in [2.75, 3.05) is 5.32 Å². The van der Waals surface area contributed by atoms with Gasteiger partial charge in [0.1, 0.15) is 0 Å². The van der Waals surface area contributed by atoms with Crippen LogP contribution in [0.3, 0.4) is 0 Å². The summed E-state index contributed by atoms with van der Waals surface area (Å²) in [5.41, 5.74) is 1.18. The third-order valence-corrected chi connectivity index (χ3v) is 3.15. The molecule has 0 unspecified atom stereocenters. The van der Waals surface area contributed by atoms with Crippen LogP contribution in [0.5, 0.6) is 0 Å². The van der Waals surface area contributed by atoms with Crippen LogP contribution in [0.2, 0.25) is 0 Å². The summed E-state index contributed by atoms with van der Waals surface area (Å²) in [6, 6.07) is 4.89. The Morgan fingerprint density at radius 3 is 2.14 bits per heavy atom. The average Bonchev–Trinajstić information content (AvgIpc) is 2.32. The van der Waals surface area contributed by atoms with Crippen molar-refractivity contribution in [2.24, 2.45) is 5.41 Å². The minimum atomic E-state index is -1.22. The molecule has 6 nitrogen and oxygen atoms in total. The molecule has 0 atom stereocenters. The van der Waals surface area contributed by atoms with E-state index in [0.29, 0.717) is 5.69 Å². The predicted molar refractivity (Wildman–Crippen MR) is 79.1 cm³/mol. The number of carboxylic acid groups (broad SMARTS) is 1. The number of carbonyl (C=O) groups excluding carboxylic acids is 2. The second-order valence-electron chi connectivity index (χ2n) is 5.63. The lowest BCUT2D eigenvalue weighted by molar-refractivity contribution is -0.149. The molecule has 0 bridgehead atoms. The van der Waals surface area contributed by atoms with Gasteiger partial charge in [-0.05, 0) is 38.8 Å². The maximum atomic E-state index is 11.8. The Labute approximate surface area is 123 Å². The first-order chi connectivity index (χ1) is 9.63. The van der Waals surface area contributed by atoms with Gasteiger partial charge in [-0.2, -0.15) is 0 Å². The van der Waals surface area contributed by atoms with Crippen molar-refractivity contribution in [2.45, 2.75) is 34.1 Å². The first-order valence-corrected chi connectivity index (χ1v) is 6.54. The van der Waals surface area contributed by atoms with Crippen molar-refractivity contribution in [3.8, 4) is 0 Å². The van der Waals surface area contributed by atoms with E-state index in [1.54, 1.807) is 0 Å². The number of carbonyl (C=O) groups is 3. The molecule has 3 N–H and O–H groups in total. The molecule has 0 saturated carbocycles. The number of aryl methyl sites for hydroxylation is 2. The summed E-state index contributed by atoms with van der Waals surface area (Å²) in [6.45, 7) is 6.55. The fraction of sp³-hybridized carbons (Fsp3) is 0.400. The van der Waals surface area contributed by atoms with Gasteiger partial charge in [-0.3, -0.25) is 14.9 Å². The van der Waals surface area contributed by atoms with Gasteiger partial charge in [0.25, 0.3) is 0 Å². The van der Waals surface area contributed by atoms with Gasteiger partial charge in [0, 0.05) is 12.1 Å². The molecule has 6 heteroatoms. The number of aliphatic carboxylic acids is 1. The molecule has 114 valence electrons. The molecule has 3 amide bonds. The van der Waals surface area contributed by atoms with E-state index in [2.05, 4.69) is 10.6 Å². The van der Waals surface area contributed by atoms with Crippen LogP contribution in [-0.2, 0) is 9.59 Å². The molecule has 21 heavy (non-hydrogen) atoms. The maximum Gasteiger partial charge on any atom is 0.325 e. The van der Waals surface area contributed by atoms with Crippen LogP contribution in [0.4, 0.5) is 10.5 Å². The number of nitrogens with one attached hydrogen (secondary N) is 2. The Kier molecular flexibility index (Phi) is 5.07. The monoisotopic (exact) mass is 292 g/mol. The second kappa shape index (κ2) is 6.39. The molecule has 1 aromatic rings. The minimum absolute atomic E-state index is 0.275. The lowest BCUT2D eigenvalue weighted by Crippen LogP contribution is -2.39. The van der Waals surface area contributed by atoms with E-state index in [4.69, 9.17) is 5.11 Å². The average molecular weight is 292 g/mol. The van der Waals surface area contributed by atoms with Gasteiger partial charge in [0.2, 0.25) is 5.91 Å². The van der Waals surface area contributed by atoms with Crippen molar-refractivity contribution >= 4 is 23.6 Å². The first kappa shape index (κ1) is 16.7. The molecule has 0 fully saturated rings. The normalized spacial score (nSPS) is 10.9. The molecule has 1 rings (SSSR count). The van der Waals surface area contributed by atoms with Crippen LogP contribution in [0.1, 0.15) is 31.4 Å². The summed E-state index contributed by atoms with van der Waals surface area (Å²) < 4.78 is 0. The topological polar surface area (TPSA) is 95.5 Å². The number of hydrogen-bond donors (Lipinski definition) is 3. The summed E-state index contributed by atoms with van der Waals surface area (Å²) >= 11 is 0. The first-order valence-electron chi connectivity index (χ1n) is 6.54. The number of hydrogen-bond acceptors (Lipinski definition) is 3. The highest BCUT2D eigenvalue weighted by Crippen LogP contribution is 2.21. The number of benzene rings is 1. The molecule has 0 aliphatic carbocycles. The summed E-state index contributed by atoms with van der Waals surface area (Å²) in [7, 11) is 0. The quantitative estimate of drug-likeness (QED) is 0.794. The van der Waals surface area contributed by atoms with E-state index in [1.807, 2.05) is 32.0 Å². The SMILES string of the molecule is Cc1cccc(C)c1NC(=O)NC(=O)CC(C)(C)C(=O)O. The van der Waals surface area contributed by atoms with Crippen molar-refractivity contribution in [3.63, 3.8) is 0 Å². The summed E-state index contributed by atoms with van der Waals surface area (Å²) in [5.74, 6) is -1.72. The largest absolute Gasteiger partial charge is 0.481 e. The number of anilines is 1. The lowest BCUT2D eigenvalue weighted by atomic mass is 9.89. The third-order valence-electron chi connectivity index (χ3n) is 3.15. The zero-order valence-electron chi connectivity index (χ0n) is 12.6. The maximum absolute atomic E-state index is 11.8. The van der Waals surface area contributed by atoms with Crippen LogP contribution in [-0.4, -0.2) is 23.0 Å². The fourth-order valence-electron chi connectivity index (χ4n) is 1.80. The number of rotatable bonds is 4. The van der Waals surface area contributed by atoms with Gasteiger partial charge in [-0.1, -0.05) is 18.2 Å². The van der Waals surface area contributed by atoms with Crippen LogP contribution in [0.15, 0.2) is 18.2 Å². The summed E-state index contributed by atoms with van der Waals surface area (Å²) in [5, 5.41) is 13.7. The van der Waals surface area contributed by atoms with Crippen molar-refractivity contribution in [3.05, 3.63) is 29.3 Å². The summed E-state index contributed by atoms with van der Waals surface area (Å²) in [6.07, 6.45) is -0.275. The Hall–Kier alpha value is -2.37. The number of carboxylic acids is 1.